The smallest absolute Gasteiger partial charge is 0.220 e. The zero-order valence-electron chi connectivity index (χ0n) is 13.8. The number of carbonyl (C=O) groups excluding carboxylic acids is 1. The largest absolute Gasteiger partial charge is 0.504 e. The maximum Gasteiger partial charge on any atom is 0.220 e. The molecule has 2 N–H and O–H groups in total. The van der Waals surface area contributed by atoms with Gasteiger partial charge in [-0.2, -0.15) is 0 Å². The van der Waals surface area contributed by atoms with Gasteiger partial charge in [-0.05, 0) is 42.9 Å². The molecule has 0 radical (unpaired) electrons. The zero-order chi connectivity index (χ0) is 16.4. The highest BCUT2D eigenvalue weighted by molar-refractivity contribution is 5.75. The second-order valence-corrected chi connectivity index (χ2v) is 5.78. The van der Waals surface area contributed by atoms with Crippen LogP contribution >= 0.6 is 0 Å². The first-order valence-corrected chi connectivity index (χ1v) is 7.80. The van der Waals surface area contributed by atoms with E-state index in [4.69, 9.17) is 4.74 Å². The van der Waals surface area contributed by atoms with Gasteiger partial charge in [0.1, 0.15) is 0 Å². The fourth-order valence-corrected chi connectivity index (χ4v) is 1.99. The van der Waals surface area contributed by atoms with E-state index in [0.29, 0.717) is 24.6 Å². The molecule has 1 aromatic carbocycles. The molecule has 0 unspecified atom stereocenters. The first-order valence-electron chi connectivity index (χ1n) is 7.80. The lowest BCUT2D eigenvalue weighted by Crippen LogP contribution is -2.22. The Hall–Kier alpha value is -1.97. The molecule has 0 spiro atoms. The van der Waals surface area contributed by atoms with E-state index in [9.17, 15) is 9.90 Å². The van der Waals surface area contributed by atoms with E-state index in [2.05, 4.69) is 31.3 Å². The summed E-state index contributed by atoms with van der Waals surface area (Å²) in [6.45, 7) is 4.82. The molecule has 0 saturated carbocycles. The van der Waals surface area contributed by atoms with Gasteiger partial charge in [-0.15, -0.1) is 0 Å². The maximum absolute atomic E-state index is 11.8. The highest BCUT2D eigenvalue weighted by atomic mass is 16.5. The molecule has 0 atom stereocenters. The van der Waals surface area contributed by atoms with Crippen LogP contribution in [0.3, 0.4) is 0 Å². The zero-order valence-corrected chi connectivity index (χ0v) is 13.8. The summed E-state index contributed by atoms with van der Waals surface area (Å²) in [6, 6.07) is 5.07. The summed E-state index contributed by atoms with van der Waals surface area (Å²) in [5.74, 6) is 1.25. The van der Waals surface area contributed by atoms with Crippen LogP contribution in [0.4, 0.5) is 0 Å². The van der Waals surface area contributed by atoms with Gasteiger partial charge in [0.25, 0.3) is 0 Å². The Balaban J connectivity index is 2.24. The number of phenolic OH excluding ortho intramolecular Hbond substituents is 1. The van der Waals surface area contributed by atoms with Crippen molar-refractivity contribution < 1.29 is 14.6 Å². The quantitative estimate of drug-likeness (QED) is 0.539. The first kappa shape index (κ1) is 18.1. The van der Waals surface area contributed by atoms with Gasteiger partial charge >= 0.3 is 0 Å². The summed E-state index contributed by atoms with van der Waals surface area (Å²) < 4.78 is 5.04. The molecule has 122 valence electrons. The van der Waals surface area contributed by atoms with Crippen LogP contribution < -0.4 is 10.1 Å². The van der Waals surface area contributed by atoms with Crippen molar-refractivity contribution in [2.24, 2.45) is 5.92 Å². The van der Waals surface area contributed by atoms with Crippen molar-refractivity contribution in [3.63, 3.8) is 0 Å². The van der Waals surface area contributed by atoms with Crippen LogP contribution in [0.15, 0.2) is 30.4 Å². The Morgan fingerprint density at radius 2 is 2.14 bits per heavy atom. The van der Waals surface area contributed by atoms with Gasteiger partial charge in [0, 0.05) is 13.0 Å². The standard InChI is InChI=1S/C18H27NO3/c1-14(2)8-6-4-5-7-9-18(21)19-13-15-10-11-16(20)17(12-15)22-3/h4,6,10-12,14,20H,5,7-9,13H2,1-3H3,(H,19,21). The van der Waals surface area contributed by atoms with Crippen LogP contribution in [-0.2, 0) is 11.3 Å². The first-order chi connectivity index (χ1) is 10.5. The predicted octanol–water partition coefficient (Wildman–Crippen LogP) is 3.79. The lowest BCUT2D eigenvalue weighted by Gasteiger charge is -2.08. The molecule has 0 saturated heterocycles. The van der Waals surface area contributed by atoms with Crippen LogP contribution in [0.25, 0.3) is 0 Å². The van der Waals surface area contributed by atoms with Gasteiger partial charge in [-0.3, -0.25) is 4.79 Å². The minimum atomic E-state index is 0.0456. The Labute approximate surface area is 133 Å². The van der Waals surface area contributed by atoms with Gasteiger partial charge < -0.3 is 15.2 Å². The van der Waals surface area contributed by atoms with E-state index in [0.717, 1.165) is 24.8 Å². The number of amides is 1. The van der Waals surface area contributed by atoms with Crippen LogP contribution in [0, 0.1) is 5.92 Å². The van der Waals surface area contributed by atoms with Crippen molar-refractivity contribution in [1.82, 2.24) is 5.32 Å². The van der Waals surface area contributed by atoms with Gasteiger partial charge in [-0.1, -0.05) is 32.1 Å². The number of benzene rings is 1. The van der Waals surface area contributed by atoms with Crippen LogP contribution in [0.5, 0.6) is 11.5 Å². The van der Waals surface area contributed by atoms with E-state index in [1.807, 2.05) is 0 Å². The molecule has 0 aromatic heterocycles. The lowest BCUT2D eigenvalue weighted by atomic mass is 10.1. The SMILES string of the molecule is COc1cc(CNC(=O)CCCC=CCC(C)C)ccc1O. The number of unbranched alkanes of at least 4 members (excludes halogenated alkanes) is 1. The number of rotatable bonds is 9. The third-order valence-corrected chi connectivity index (χ3v) is 3.28. The number of aromatic hydroxyl groups is 1. The normalized spacial score (nSPS) is 11.1. The maximum atomic E-state index is 11.8. The molecule has 1 rings (SSSR count). The second kappa shape index (κ2) is 9.87. The van der Waals surface area contributed by atoms with Gasteiger partial charge in [0.2, 0.25) is 5.91 Å². The Bertz CT molecular complexity index is 495. The average Bonchev–Trinajstić information content (AvgIpc) is 2.49. The number of hydrogen-bond donors (Lipinski definition) is 2. The average molecular weight is 305 g/mol. The Morgan fingerprint density at radius 3 is 2.82 bits per heavy atom. The minimum Gasteiger partial charge on any atom is -0.504 e. The molecular formula is C18H27NO3. The number of hydrogen-bond acceptors (Lipinski definition) is 3. The molecule has 0 fully saturated rings. The predicted molar refractivity (Wildman–Crippen MR) is 89.0 cm³/mol. The summed E-state index contributed by atoms with van der Waals surface area (Å²) in [5, 5.41) is 12.4. The monoisotopic (exact) mass is 305 g/mol. The summed E-state index contributed by atoms with van der Waals surface area (Å²) >= 11 is 0. The molecule has 0 aliphatic carbocycles. The molecule has 0 aliphatic rings. The number of methoxy groups -OCH3 is 1. The minimum absolute atomic E-state index is 0.0456. The molecule has 4 heteroatoms. The molecule has 0 heterocycles. The van der Waals surface area contributed by atoms with Crippen LogP contribution in [0.2, 0.25) is 0 Å². The molecule has 1 aromatic rings. The number of ether oxygens (including phenoxy) is 1. The summed E-state index contributed by atoms with van der Waals surface area (Å²) in [7, 11) is 1.50. The number of allylic oxidation sites excluding steroid dienone is 2. The highest BCUT2D eigenvalue weighted by Crippen LogP contribution is 2.26. The van der Waals surface area contributed by atoms with E-state index in [1.54, 1.807) is 18.2 Å². The van der Waals surface area contributed by atoms with Crippen molar-refractivity contribution in [1.29, 1.82) is 0 Å². The lowest BCUT2D eigenvalue weighted by molar-refractivity contribution is -0.121. The topological polar surface area (TPSA) is 58.6 Å². The molecule has 22 heavy (non-hydrogen) atoms. The van der Waals surface area contributed by atoms with E-state index >= 15 is 0 Å². The van der Waals surface area contributed by atoms with Crippen molar-refractivity contribution >= 4 is 5.91 Å². The van der Waals surface area contributed by atoms with E-state index < -0.39 is 0 Å². The fraction of sp³-hybridized carbons (Fsp3) is 0.500. The van der Waals surface area contributed by atoms with E-state index in [-0.39, 0.29) is 11.7 Å². The summed E-state index contributed by atoms with van der Waals surface area (Å²) in [4.78, 5) is 11.8. The Kier molecular flexibility index (Phi) is 8.11. The number of nitrogens with one attached hydrogen (secondary N) is 1. The van der Waals surface area contributed by atoms with Gasteiger partial charge in [0.15, 0.2) is 11.5 Å². The van der Waals surface area contributed by atoms with Crippen molar-refractivity contribution in [2.75, 3.05) is 7.11 Å². The third kappa shape index (κ3) is 7.16. The van der Waals surface area contributed by atoms with Crippen LogP contribution in [0.1, 0.15) is 45.1 Å². The molecule has 0 bridgehead atoms. The fourth-order valence-electron chi connectivity index (χ4n) is 1.99. The molecule has 0 aliphatic heterocycles. The van der Waals surface area contributed by atoms with Crippen molar-refractivity contribution in [3.05, 3.63) is 35.9 Å². The number of carbonyl (C=O) groups is 1. The van der Waals surface area contributed by atoms with Crippen molar-refractivity contribution in [3.8, 4) is 11.5 Å². The number of phenols is 1. The summed E-state index contributed by atoms with van der Waals surface area (Å²) in [6.07, 6.45) is 7.76. The summed E-state index contributed by atoms with van der Waals surface area (Å²) in [5.41, 5.74) is 0.903. The molecule has 1 amide bonds. The van der Waals surface area contributed by atoms with Crippen molar-refractivity contribution in [2.45, 2.75) is 46.1 Å². The van der Waals surface area contributed by atoms with Gasteiger partial charge in [0.05, 0.1) is 7.11 Å². The highest BCUT2D eigenvalue weighted by Gasteiger charge is 2.04. The molecular weight excluding hydrogens is 278 g/mol. The Morgan fingerprint density at radius 1 is 1.36 bits per heavy atom. The van der Waals surface area contributed by atoms with Crippen LogP contribution in [-0.4, -0.2) is 18.1 Å². The third-order valence-electron chi connectivity index (χ3n) is 3.28. The van der Waals surface area contributed by atoms with Gasteiger partial charge in [-0.25, -0.2) is 0 Å². The second-order valence-electron chi connectivity index (χ2n) is 5.78. The molecule has 4 nitrogen and oxygen atoms in total. The van der Waals surface area contributed by atoms with E-state index in [1.165, 1.54) is 7.11 Å².